The number of carbonyl (C=O) groups is 1. The van der Waals surface area contributed by atoms with E-state index in [1.54, 1.807) is 24.8 Å². The molecule has 1 fully saturated rings. The molecule has 2 heterocycles. The quantitative estimate of drug-likeness (QED) is 0.803. The summed E-state index contributed by atoms with van der Waals surface area (Å²) in [7, 11) is -2.92. The molecule has 0 aliphatic carbocycles. The topological polar surface area (TPSA) is 70.8 Å². The van der Waals surface area contributed by atoms with Crippen LogP contribution >= 0.6 is 0 Å². The van der Waals surface area contributed by atoms with Crippen LogP contribution in [0, 0.1) is 6.92 Å². The molecule has 0 spiro atoms. The van der Waals surface area contributed by atoms with Crippen molar-refractivity contribution in [1.82, 2.24) is 9.80 Å². The molecule has 1 aliphatic rings. The van der Waals surface area contributed by atoms with Crippen LogP contribution in [-0.2, 0) is 9.84 Å². The van der Waals surface area contributed by atoms with Gasteiger partial charge in [0.15, 0.2) is 9.84 Å². The molecule has 0 aromatic carbocycles. The summed E-state index contributed by atoms with van der Waals surface area (Å²) in [5.74, 6) is 1.00. The normalized spacial score (nSPS) is 17.1. The molecule has 21 heavy (non-hydrogen) atoms. The summed E-state index contributed by atoms with van der Waals surface area (Å²) in [4.78, 5) is 16.2. The monoisotopic (exact) mass is 314 g/mol. The van der Waals surface area contributed by atoms with Crippen LogP contribution in [0.25, 0.3) is 0 Å². The lowest BCUT2D eigenvalue weighted by molar-refractivity contribution is 0.0642. The number of piperazine rings is 1. The van der Waals surface area contributed by atoms with Gasteiger partial charge >= 0.3 is 0 Å². The number of sulfone groups is 1. The van der Waals surface area contributed by atoms with Gasteiger partial charge in [0.05, 0.1) is 17.6 Å². The number of carbonyl (C=O) groups excluding carboxylic acids is 1. The molecule has 0 N–H and O–H groups in total. The highest BCUT2D eigenvalue weighted by molar-refractivity contribution is 7.91. The van der Waals surface area contributed by atoms with Gasteiger partial charge in [0.25, 0.3) is 5.91 Å². The van der Waals surface area contributed by atoms with Crippen LogP contribution in [0.15, 0.2) is 16.7 Å². The predicted molar refractivity (Wildman–Crippen MR) is 80.1 cm³/mol. The van der Waals surface area contributed by atoms with Gasteiger partial charge in [0, 0.05) is 38.5 Å². The van der Waals surface area contributed by atoms with E-state index in [4.69, 9.17) is 4.42 Å². The van der Waals surface area contributed by atoms with Gasteiger partial charge in [0.2, 0.25) is 0 Å². The van der Waals surface area contributed by atoms with Crippen molar-refractivity contribution in [3.05, 3.63) is 23.7 Å². The van der Waals surface area contributed by atoms with E-state index in [0.717, 1.165) is 0 Å². The molecule has 118 valence electrons. The third kappa shape index (κ3) is 4.07. The standard InChI is InChI=1S/C14H22N2O4S/c1-3-21(18,19)11-9-15-5-7-16(8-6-15)14(17)13-4-10-20-12(13)2/h4,10H,3,5-9,11H2,1-2H3. The maximum absolute atomic E-state index is 12.3. The highest BCUT2D eigenvalue weighted by Gasteiger charge is 2.24. The number of hydrogen-bond donors (Lipinski definition) is 0. The Morgan fingerprint density at radius 1 is 1.29 bits per heavy atom. The Labute approximate surface area is 125 Å². The molecule has 7 heteroatoms. The van der Waals surface area contributed by atoms with Crippen LogP contribution in [0.3, 0.4) is 0 Å². The van der Waals surface area contributed by atoms with Gasteiger partial charge in [-0.1, -0.05) is 6.92 Å². The molecule has 0 radical (unpaired) electrons. The molecule has 0 saturated carbocycles. The van der Waals surface area contributed by atoms with Gasteiger partial charge in [0.1, 0.15) is 5.76 Å². The summed E-state index contributed by atoms with van der Waals surface area (Å²) in [5, 5.41) is 0. The average Bonchev–Trinajstić information content (AvgIpc) is 2.91. The fraction of sp³-hybridized carbons (Fsp3) is 0.643. The van der Waals surface area contributed by atoms with Gasteiger partial charge in [-0.2, -0.15) is 0 Å². The molecule has 2 rings (SSSR count). The fourth-order valence-corrected chi connectivity index (χ4v) is 3.19. The summed E-state index contributed by atoms with van der Waals surface area (Å²) < 4.78 is 28.2. The van der Waals surface area contributed by atoms with E-state index in [9.17, 15) is 13.2 Å². The molecule has 1 saturated heterocycles. The van der Waals surface area contributed by atoms with Crippen molar-refractivity contribution < 1.29 is 17.6 Å². The Hall–Kier alpha value is -1.34. The van der Waals surface area contributed by atoms with Crippen molar-refractivity contribution in [3.63, 3.8) is 0 Å². The first kappa shape index (κ1) is 16.0. The first-order chi connectivity index (χ1) is 9.93. The minimum atomic E-state index is -2.92. The van der Waals surface area contributed by atoms with Gasteiger partial charge in [-0.3, -0.25) is 9.69 Å². The smallest absolute Gasteiger partial charge is 0.257 e. The van der Waals surface area contributed by atoms with Crippen LogP contribution in [0.2, 0.25) is 0 Å². The third-order valence-electron chi connectivity index (χ3n) is 3.91. The lowest BCUT2D eigenvalue weighted by atomic mass is 10.2. The Kier molecular flexibility index (Phi) is 5.05. The van der Waals surface area contributed by atoms with Crippen LogP contribution in [0.1, 0.15) is 23.0 Å². The first-order valence-electron chi connectivity index (χ1n) is 7.19. The van der Waals surface area contributed by atoms with Crippen molar-refractivity contribution in [3.8, 4) is 0 Å². The van der Waals surface area contributed by atoms with E-state index in [-0.39, 0.29) is 17.4 Å². The van der Waals surface area contributed by atoms with Crippen molar-refractivity contribution in [2.24, 2.45) is 0 Å². The zero-order chi connectivity index (χ0) is 15.5. The van der Waals surface area contributed by atoms with E-state index >= 15 is 0 Å². The third-order valence-corrected chi connectivity index (χ3v) is 5.59. The molecule has 1 aromatic rings. The van der Waals surface area contributed by atoms with Gasteiger partial charge in [-0.15, -0.1) is 0 Å². The Morgan fingerprint density at radius 2 is 1.95 bits per heavy atom. The van der Waals surface area contributed by atoms with Gasteiger partial charge in [-0.05, 0) is 13.0 Å². The molecule has 1 aliphatic heterocycles. The number of aryl methyl sites for hydroxylation is 1. The number of nitrogens with zero attached hydrogens (tertiary/aromatic N) is 2. The zero-order valence-electron chi connectivity index (χ0n) is 12.5. The second-order valence-corrected chi connectivity index (χ2v) is 7.73. The molecule has 0 atom stereocenters. The highest BCUT2D eigenvalue weighted by Crippen LogP contribution is 2.13. The van der Waals surface area contributed by atoms with Crippen LogP contribution in [0.4, 0.5) is 0 Å². The van der Waals surface area contributed by atoms with Crippen molar-refractivity contribution in [1.29, 1.82) is 0 Å². The van der Waals surface area contributed by atoms with Gasteiger partial charge < -0.3 is 9.32 Å². The zero-order valence-corrected chi connectivity index (χ0v) is 13.4. The van der Waals surface area contributed by atoms with E-state index in [2.05, 4.69) is 4.90 Å². The lowest BCUT2D eigenvalue weighted by Gasteiger charge is -2.34. The number of amides is 1. The number of rotatable bonds is 5. The highest BCUT2D eigenvalue weighted by atomic mass is 32.2. The summed E-state index contributed by atoms with van der Waals surface area (Å²) in [6.45, 7) is 6.65. The van der Waals surface area contributed by atoms with Crippen LogP contribution < -0.4 is 0 Å². The lowest BCUT2D eigenvalue weighted by Crippen LogP contribution is -2.49. The molecule has 0 unspecified atom stereocenters. The minimum Gasteiger partial charge on any atom is -0.469 e. The second kappa shape index (κ2) is 6.62. The maximum Gasteiger partial charge on any atom is 0.257 e. The van der Waals surface area contributed by atoms with E-state index in [0.29, 0.717) is 44.0 Å². The van der Waals surface area contributed by atoms with Crippen molar-refractivity contribution in [2.75, 3.05) is 44.2 Å². The molecule has 6 nitrogen and oxygen atoms in total. The van der Waals surface area contributed by atoms with Crippen molar-refractivity contribution >= 4 is 15.7 Å². The molecular formula is C14H22N2O4S. The summed E-state index contributed by atoms with van der Waals surface area (Å²) in [6.07, 6.45) is 1.52. The second-order valence-electron chi connectivity index (χ2n) is 5.26. The van der Waals surface area contributed by atoms with Crippen LogP contribution in [-0.4, -0.2) is 68.4 Å². The minimum absolute atomic E-state index is 0.0120. The predicted octanol–water partition coefficient (Wildman–Crippen LogP) is 0.781. The maximum atomic E-state index is 12.3. The van der Waals surface area contributed by atoms with E-state index in [1.807, 2.05) is 0 Å². The molecule has 1 amide bonds. The van der Waals surface area contributed by atoms with Gasteiger partial charge in [-0.25, -0.2) is 8.42 Å². The summed E-state index contributed by atoms with van der Waals surface area (Å²) >= 11 is 0. The molecule has 0 bridgehead atoms. The largest absolute Gasteiger partial charge is 0.469 e. The fourth-order valence-electron chi connectivity index (χ4n) is 2.36. The Morgan fingerprint density at radius 3 is 2.48 bits per heavy atom. The van der Waals surface area contributed by atoms with E-state index < -0.39 is 9.84 Å². The average molecular weight is 314 g/mol. The Balaban J connectivity index is 1.84. The Bertz CT molecular complexity index is 586. The number of furan rings is 1. The van der Waals surface area contributed by atoms with E-state index in [1.165, 1.54) is 6.26 Å². The summed E-state index contributed by atoms with van der Waals surface area (Å²) in [5.41, 5.74) is 0.608. The molecule has 1 aromatic heterocycles. The van der Waals surface area contributed by atoms with Crippen LogP contribution in [0.5, 0.6) is 0 Å². The SMILES string of the molecule is CCS(=O)(=O)CCN1CCN(C(=O)c2ccoc2C)CC1. The molecular weight excluding hydrogens is 292 g/mol. The summed E-state index contributed by atoms with van der Waals surface area (Å²) in [6, 6.07) is 1.69. The van der Waals surface area contributed by atoms with Crippen molar-refractivity contribution in [2.45, 2.75) is 13.8 Å². The first-order valence-corrected chi connectivity index (χ1v) is 9.01. The number of hydrogen-bond acceptors (Lipinski definition) is 5.